The number of nitrogen functional groups attached to an aromatic ring is 1. The lowest BCUT2D eigenvalue weighted by Crippen LogP contribution is -2.10. The molecule has 0 spiro atoms. The van der Waals surface area contributed by atoms with Crippen molar-refractivity contribution in [3.05, 3.63) is 65.2 Å². The number of hydrogen-bond donors (Lipinski definition) is 2. The first-order valence-corrected chi connectivity index (χ1v) is 6.46. The minimum atomic E-state index is -0.419. The molecule has 4 heteroatoms. The Morgan fingerprint density at radius 2 is 1.75 bits per heavy atom. The molecule has 0 fully saturated rings. The van der Waals surface area contributed by atoms with Gasteiger partial charge in [-0.25, -0.2) is 0 Å². The molecule has 0 radical (unpaired) electrons. The van der Waals surface area contributed by atoms with E-state index >= 15 is 0 Å². The van der Waals surface area contributed by atoms with Crippen LogP contribution in [0, 0.1) is 0 Å². The first-order valence-electron chi connectivity index (χ1n) is 6.46. The largest absolute Gasteiger partial charge is 0.399 e. The van der Waals surface area contributed by atoms with E-state index < -0.39 is 5.91 Å². The van der Waals surface area contributed by atoms with E-state index in [9.17, 15) is 4.79 Å². The fourth-order valence-electron chi connectivity index (χ4n) is 1.90. The van der Waals surface area contributed by atoms with Crippen LogP contribution in [0.15, 0.2) is 48.5 Å². The number of primary amides is 1. The van der Waals surface area contributed by atoms with Gasteiger partial charge in [-0.3, -0.25) is 4.79 Å². The van der Waals surface area contributed by atoms with Crippen LogP contribution in [-0.4, -0.2) is 12.5 Å². The quantitative estimate of drug-likeness (QED) is 0.623. The van der Waals surface area contributed by atoms with E-state index in [2.05, 4.69) is 0 Å². The van der Waals surface area contributed by atoms with E-state index in [-0.39, 0.29) is 0 Å². The molecule has 0 heterocycles. The molecule has 1 amide bonds. The van der Waals surface area contributed by atoms with Crippen LogP contribution in [0.4, 0.5) is 5.69 Å². The second-order valence-corrected chi connectivity index (χ2v) is 4.56. The Balaban J connectivity index is 1.79. The summed E-state index contributed by atoms with van der Waals surface area (Å²) in [5, 5.41) is 0. The van der Waals surface area contributed by atoms with Gasteiger partial charge >= 0.3 is 0 Å². The van der Waals surface area contributed by atoms with Crippen LogP contribution in [0.25, 0.3) is 0 Å². The summed E-state index contributed by atoms with van der Waals surface area (Å²) in [4.78, 5) is 10.9. The summed E-state index contributed by atoms with van der Waals surface area (Å²) in [6, 6.07) is 14.9. The van der Waals surface area contributed by atoms with Gasteiger partial charge < -0.3 is 16.2 Å². The van der Waals surface area contributed by atoms with Crippen molar-refractivity contribution in [2.24, 2.45) is 5.73 Å². The molecule has 0 unspecified atom stereocenters. The van der Waals surface area contributed by atoms with E-state index in [1.54, 1.807) is 12.1 Å². The Hall–Kier alpha value is -2.33. The predicted molar refractivity (Wildman–Crippen MR) is 79.2 cm³/mol. The standard InChI is InChI=1S/C16H18N2O2/c17-15-4-2-1-3-13(15)9-10-20-11-12-5-7-14(8-6-12)16(18)19/h1-8H,9-11,17H2,(H2,18,19). The van der Waals surface area contributed by atoms with Gasteiger partial charge in [-0.15, -0.1) is 0 Å². The molecular formula is C16H18N2O2. The second kappa shape index (κ2) is 6.73. The molecule has 20 heavy (non-hydrogen) atoms. The van der Waals surface area contributed by atoms with Crippen molar-refractivity contribution in [2.45, 2.75) is 13.0 Å². The van der Waals surface area contributed by atoms with Gasteiger partial charge in [0.05, 0.1) is 13.2 Å². The molecule has 0 aliphatic carbocycles. The molecule has 0 saturated heterocycles. The molecular weight excluding hydrogens is 252 g/mol. The topological polar surface area (TPSA) is 78.3 Å². The maximum atomic E-state index is 10.9. The number of para-hydroxylation sites is 1. The Morgan fingerprint density at radius 1 is 1.05 bits per heavy atom. The molecule has 0 atom stereocenters. The number of benzene rings is 2. The lowest BCUT2D eigenvalue weighted by atomic mass is 10.1. The van der Waals surface area contributed by atoms with E-state index in [0.717, 1.165) is 23.2 Å². The zero-order valence-corrected chi connectivity index (χ0v) is 11.2. The smallest absolute Gasteiger partial charge is 0.248 e. The van der Waals surface area contributed by atoms with Gasteiger partial charge in [-0.2, -0.15) is 0 Å². The molecule has 2 aromatic carbocycles. The molecule has 0 saturated carbocycles. The third-order valence-electron chi connectivity index (χ3n) is 3.08. The van der Waals surface area contributed by atoms with Gasteiger partial charge in [0.15, 0.2) is 0 Å². The minimum absolute atomic E-state index is 0.419. The molecule has 0 aromatic heterocycles. The highest BCUT2D eigenvalue weighted by Gasteiger charge is 2.01. The maximum absolute atomic E-state index is 10.9. The van der Waals surface area contributed by atoms with Crippen molar-refractivity contribution >= 4 is 11.6 Å². The monoisotopic (exact) mass is 270 g/mol. The lowest BCUT2D eigenvalue weighted by Gasteiger charge is -2.07. The Morgan fingerprint density at radius 3 is 2.40 bits per heavy atom. The molecule has 0 aliphatic rings. The molecule has 2 rings (SSSR count). The Kier molecular flexibility index (Phi) is 4.74. The van der Waals surface area contributed by atoms with E-state index in [4.69, 9.17) is 16.2 Å². The predicted octanol–water partition coefficient (Wildman–Crippen LogP) is 2.13. The number of rotatable bonds is 6. The maximum Gasteiger partial charge on any atom is 0.248 e. The van der Waals surface area contributed by atoms with Gasteiger partial charge in [-0.1, -0.05) is 30.3 Å². The average molecular weight is 270 g/mol. The molecule has 0 aliphatic heterocycles. The Labute approximate surface area is 118 Å². The first kappa shape index (κ1) is 14.1. The van der Waals surface area contributed by atoms with Gasteiger partial charge in [0.1, 0.15) is 0 Å². The summed E-state index contributed by atoms with van der Waals surface area (Å²) in [5.41, 5.74) is 14.4. The zero-order chi connectivity index (χ0) is 14.4. The summed E-state index contributed by atoms with van der Waals surface area (Å²) < 4.78 is 5.61. The van der Waals surface area contributed by atoms with Crippen LogP contribution in [0.2, 0.25) is 0 Å². The molecule has 4 nitrogen and oxygen atoms in total. The molecule has 0 bridgehead atoms. The molecule has 104 valence electrons. The van der Waals surface area contributed by atoms with Crippen LogP contribution in [0.5, 0.6) is 0 Å². The van der Waals surface area contributed by atoms with Gasteiger partial charge in [-0.05, 0) is 35.7 Å². The summed E-state index contributed by atoms with van der Waals surface area (Å²) >= 11 is 0. The van der Waals surface area contributed by atoms with Crippen LogP contribution < -0.4 is 11.5 Å². The van der Waals surface area contributed by atoms with Crippen LogP contribution in [0.1, 0.15) is 21.5 Å². The minimum Gasteiger partial charge on any atom is -0.399 e. The second-order valence-electron chi connectivity index (χ2n) is 4.56. The number of carbonyl (C=O) groups excluding carboxylic acids is 1. The summed E-state index contributed by atoms with van der Waals surface area (Å²) in [6.45, 7) is 1.11. The number of anilines is 1. The first-order chi connectivity index (χ1) is 9.66. The normalized spacial score (nSPS) is 10.4. The van der Waals surface area contributed by atoms with Crippen LogP contribution in [0.3, 0.4) is 0 Å². The fraction of sp³-hybridized carbons (Fsp3) is 0.188. The van der Waals surface area contributed by atoms with Gasteiger partial charge in [0.25, 0.3) is 0 Å². The highest BCUT2D eigenvalue weighted by molar-refractivity contribution is 5.92. The number of hydrogen-bond acceptors (Lipinski definition) is 3. The van der Waals surface area contributed by atoms with Crippen molar-refractivity contribution in [3.8, 4) is 0 Å². The zero-order valence-electron chi connectivity index (χ0n) is 11.2. The third-order valence-corrected chi connectivity index (χ3v) is 3.08. The van der Waals surface area contributed by atoms with Gasteiger partial charge in [0, 0.05) is 11.3 Å². The summed E-state index contributed by atoms with van der Waals surface area (Å²) in [7, 11) is 0. The molecule has 4 N–H and O–H groups in total. The van der Waals surface area contributed by atoms with Crippen molar-refractivity contribution in [1.82, 2.24) is 0 Å². The number of amides is 1. The van der Waals surface area contributed by atoms with Crippen LogP contribution in [-0.2, 0) is 17.8 Å². The van der Waals surface area contributed by atoms with Crippen molar-refractivity contribution in [1.29, 1.82) is 0 Å². The van der Waals surface area contributed by atoms with Crippen molar-refractivity contribution in [3.63, 3.8) is 0 Å². The average Bonchev–Trinajstić information content (AvgIpc) is 2.46. The highest BCUT2D eigenvalue weighted by atomic mass is 16.5. The van der Waals surface area contributed by atoms with E-state index in [0.29, 0.717) is 18.8 Å². The molecule has 2 aromatic rings. The SMILES string of the molecule is NC(=O)c1ccc(COCCc2ccccc2N)cc1. The third kappa shape index (κ3) is 3.83. The van der Waals surface area contributed by atoms with Crippen molar-refractivity contribution in [2.75, 3.05) is 12.3 Å². The van der Waals surface area contributed by atoms with Crippen LogP contribution >= 0.6 is 0 Å². The van der Waals surface area contributed by atoms with E-state index in [1.165, 1.54) is 0 Å². The van der Waals surface area contributed by atoms with E-state index in [1.807, 2.05) is 36.4 Å². The lowest BCUT2D eigenvalue weighted by molar-refractivity contribution is 0.1000. The summed E-state index contributed by atoms with van der Waals surface area (Å²) in [6.07, 6.45) is 0.784. The number of ether oxygens (including phenoxy) is 1. The number of nitrogens with two attached hydrogens (primary N) is 2. The fourth-order valence-corrected chi connectivity index (χ4v) is 1.90. The van der Waals surface area contributed by atoms with Crippen molar-refractivity contribution < 1.29 is 9.53 Å². The number of carbonyl (C=O) groups is 1. The van der Waals surface area contributed by atoms with Gasteiger partial charge in [0.2, 0.25) is 5.91 Å². The summed E-state index contributed by atoms with van der Waals surface area (Å²) in [5.74, 6) is -0.419. The highest BCUT2D eigenvalue weighted by Crippen LogP contribution is 2.11. The Bertz CT molecular complexity index is 579.